The Balaban J connectivity index is 2.51. The summed E-state index contributed by atoms with van der Waals surface area (Å²) in [7, 11) is 0. The highest BCUT2D eigenvalue weighted by Gasteiger charge is 2.17. The maximum absolute atomic E-state index is 12.1. The lowest BCUT2D eigenvalue weighted by Crippen LogP contribution is -2.44. The molecule has 7 heteroatoms. The number of thiophene rings is 1. The van der Waals surface area contributed by atoms with E-state index >= 15 is 0 Å². The van der Waals surface area contributed by atoms with Crippen LogP contribution in [0.4, 0.5) is 4.79 Å². The van der Waals surface area contributed by atoms with E-state index in [2.05, 4.69) is 17.6 Å². The fourth-order valence-electron chi connectivity index (χ4n) is 2.03. The third-order valence-electron chi connectivity index (χ3n) is 3.53. The van der Waals surface area contributed by atoms with E-state index in [4.69, 9.17) is 4.74 Å². The monoisotopic (exact) mass is 354 g/mol. The van der Waals surface area contributed by atoms with Crippen LogP contribution < -0.4 is 10.6 Å². The van der Waals surface area contributed by atoms with Gasteiger partial charge in [0.2, 0.25) is 0 Å². The van der Waals surface area contributed by atoms with E-state index < -0.39 is 24.5 Å². The van der Waals surface area contributed by atoms with E-state index in [1.54, 1.807) is 0 Å². The summed E-state index contributed by atoms with van der Waals surface area (Å²) in [5.41, 5.74) is 1.14. The molecule has 0 spiro atoms. The summed E-state index contributed by atoms with van der Waals surface area (Å²) in [6.45, 7) is 7.41. The highest BCUT2D eigenvalue weighted by molar-refractivity contribution is 7.14. The van der Waals surface area contributed by atoms with Crippen molar-refractivity contribution in [3.63, 3.8) is 0 Å². The number of urea groups is 1. The molecule has 2 N–H and O–H groups in total. The van der Waals surface area contributed by atoms with Gasteiger partial charge in [-0.05, 0) is 37.8 Å². The fourth-order valence-corrected chi connectivity index (χ4v) is 3.28. The lowest BCUT2D eigenvalue weighted by Gasteiger charge is -2.11. The van der Waals surface area contributed by atoms with Crippen LogP contribution >= 0.6 is 11.3 Å². The van der Waals surface area contributed by atoms with Crippen molar-refractivity contribution in [2.75, 3.05) is 6.61 Å². The number of aryl methyl sites for hydroxylation is 2. The second-order valence-corrected chi connectivity index (χ2v) is 6.71. The van der Waals surface area contributed by atoms with Crippen LogP contribution in [0.5, 0.6) is 0 Å². The number of hydrogen-bond donors (Lipinski definition) is 2. The van der Waals surface area contributed by atoms with Crippen LogP contribution in [0.3, 0.4) is 0 Å². The van der Waals surface area contributed by atoms with Gasteiger partial charge in [0.15, 0.2) is 6.61 Å². The number of amides is 3. The van der Waals surface area contributed by atoms with Crippen LogP contribution in [0.2, 0.25) is 0 Å². The molecule has 24 heavy (non-hydrogen) atoms. The Bertz CT molecular complexity index is 583. The largest absolute Gasteiger partial charge is 0.451 e. The number of ether oxygens (including phenoxy) is 1. The molecule has 0 saturated heterocycles. The summed E-state index contributed by atoms with van der Waals surface area (Å²) < 4.78 is 4.99. The number of carbonyl (C=O) groups excluding carboxylic acids is 3. The first-order valence-electron chi connectivity index (χ1n) is 8.30. The van der Waals surface area contributed by atoms with Crippen molar-refractivity contribution >= 4 is 29.2 Å². The summed E-state index contributed by atoms with van der Waals surface area (Å²) in [6.07, 6.45) is 3.55. The molecule has 134 valence electrons. The number of esters is 1. The summed E-state index contributed by atoms with van der Waals surface area (Å²) >= 11 is 1.41. The van der Waals surface area contributed by atoms with E-state index in [1.807, 2.05) is 26.8 Å². The van der Waals surface area contributed by atoms with E-state index in [1.165, 1.54) is 16.2 Å². The first kappa shape index (κ1) is 20.2. The number of imide groups is 1. The molecular formula is C17H26N2O4S. The van der Waals surface area contributed by atoms with Gasteiger partial charge in [-0.15, -0.1) is 11.3 Å². The van der Waals surface area contributed by atoms with Gasteiger partial charge in [-0.3, -0.25) is 10.1 Å². The molecule has 0 saturated carbocycles. The van der Waals surface area contributed by atoms with E-state index in [9.17, 15) is 14.4 Å². The molecule has 1 heterocycles. The third-order valence-corrected chi connectivity index (χ3v) is 4.75. The molecule has 0 radical (unpaired) electrons. The Labute approximate surface area is 147 Å². The summed E-state index contributed by atoms with van der Waals surface area (Å²) in [4.78, 5) is 36.9. The lowest BCUT2D eigenvalue weighted by atomic mass is 10.1. The topological polar surface area (TPSA) is 84.5 Å². The number of nitrogens with one attached hydrogen (secondary N) is 2. The second kappa shape index (κ2) is 10.1. The van der Waals surface area contributed by atoms with Crippen LogP contribution in [0.25, 0.3) is 0 Å². The molecule has 3 amide bonds. The molecule has 0 aliphatic heterocycles. The van der Waals surface area contributed by atoms with Gasteiger partial charge in [-0.1, -0.05) is 27.2 Å². The minimum Gasteiger partial charge on any atom is -0.451 e. The Morgan fingerprint density at radius 3 is 2.54 bits per heavy atom. The van der Waals surface area contributed by atoms with E-state index in [0.29, 0.717) is 4.88 Å². The Hall–Kier alpha value is -1.89. The minimum absolute atomic E-state index is 0.0316. The molecule has 0 aliphatic rings. The molecule has 1 aromatic rings. The second-order valence-electron chi connectivity index (χ2n) is 5.57. The molecule has 0 unspecified atom stereocenters. The standard InChI is InChI=1S/C17H26N2O4S/c1-5-8-13-12(7-3)9-14(24-13)16(21)23-10-15(20)19-17(22)18-11(4)6-2/h9,11H,5-8,10H2,1-4H3,(H2,18,19,20,22)/t11-/m1/s1. The maximum atomic E-state index is 12.1. The van der Waals surface area contributed by atoms with Crippen LogP contribution in [0.1, 0.15) is 60.6 Å². The van der Waals surface area contributed by atoms with Crippen molar-refractivity contribution in [2.45, 2.75) is 59.4 Å². The third kappa shape index (κ3) is 6.31. The van der Waals surface area contributed by atoms with Crippen LogP contribution in [0, 0.1) is 0 Å². The summed E-state index contributed by atoms with van der Waals surface area (Å²) in [6, 6.07) is 1.21. The SMILES string of the molecule is CCCc1sc(C(=O)OCC(=O)NC(=O)N[C@H](C)CC)cc1CC. The zero-order valence-corrected chi connectivity index (χ0v) is 15.5. The summed E-state index contributed by atoms with van der Waals surface area (Å²) in [5, 5.41) is 4.74. The predicted molar refractivity (Wildman–Crippen MR) is 94.4 cm³/mol. The molecule has 0 bridgehead atoms. The molecule has 1 aromatic heterocycles. The van der Waals surface area contributed by atoms with Gasteiger partial charge < -0.3 is 10.1 Å². The van der Waals surface area contributed by atoms with Crippen LogP contribution in [-0.2, 0) is 22.4 Å². The van der Waals surface area contributed by atoms with Crippen molar-refractivity contribution in [1.29, 1.82) is 0 Å². The first-order valence-corrected chi connectivity index (χ1v) is 9.11. The lowest BCUT2D eigenvalue weighted by molar-refractivity contribution is -0.123. The van der Waals surface area contributed by atoms with Gasteiger partial charge in [-0.2, -0.15) is 0 Å². The smallest absolute Gasteiger partial charge is 0.348 e. The molecular weight excluding hydrogens is 328 g/mol. The van der Waals surface area contributed by atoms with Gasteiger partial charge >= 0.3 is 12.0 Å². The predicted octanol–water partition coefficient (Wildman–Crippen LogP) is 3.04. The van der Waals surface area contributed by atoms with Gasteiger partial charge in [0.25, 0.3) is 5.91 Å². The number of carbonyl (C=O) groups is 3. The van der Waals surface area contributed by atoms with Crippen LogP contribution in [0.15, 0.2) is 6.07 Å². The van der Waals surface area contributed by atoms with E-state index in [-0.39, 0.29) is 6.04 Å². The molecule has 0 aromatic carbocycles. The quantitative estimate of drug-likeness (QED) is 0.703. The molecule has 0 fully saturated rings. The molecule has 1 atom stereocenters. The zero-order chi connectivity index (χ0) is 18.1. The molecule has 0 aliphatic carbocycles. The van der Waals surface area contributed by atoms with Crippen molar-refractivity contribution < 1.29 is 19.1 Å². The maximum Gasteiger partial charge on any atom is 0.348 e. The number of rotatable bonds is 8. The highest BCUT2D eigenvalue weighted by atomic mass is 32.1. The summed E-state index contributed by atoms with van der Waals surface area (Å²) in [5.74, 6) is -1.18. The molecule has 6 nitrogen and oxygen atoms in total. The first-order chi connectivity index (χ1) is 11.4. The number of hydrogen-bond acceptors (Lipinski definition) is 5. The Kier molecular flexibility index (Phi) is 8.46. The van der Waals surface area contributed by atoms with E-state index in [0.717, 1.165) is 31.2 Å². The van der Waals surface area contributed by atoms with Crippen molar-refractivity contribution in [3.8, 4) is 0 Å². The average Bonchev–Trinajstić information content (AvgIpc) is 2.95. The van der Waals surface area contributed by atoms with Crippen molar-refractivity contribution in [3.05, 3.63) is 21.4 Å². The van der Waals surface area contributed by atoms with Gasteiger partial charge in [0.05, 0.1) is 0 Å². The minimum atomic E-state index is -0.648. The van der Waals surface area contributed by atoms with Gasteiger partial charge in [0.1, 0.15) is 4.88 Å². The Morgan fingerprint density at radius 2 is 1.96 bits per heavy atom. The van der Waals surface area contributed by atoms with Gasteiger partial charge in [-0.25, -0.2) is 9.59 Å². The van der Waals surface area contributed by atoms with Crippen LogP contribution in [-0.4, -0.2) is 30.6 Å². The normalized spacial score (nSPS) is 11.7. The average molecular weight is 354 g/mol. The molecule has 1 rings (SSSR count). The fraction of sp³-hybridized carbons (Fsp3) is 0.588. The van der Waals surface area contributed by atoms with Crippen molar-refractivity contribution in [2.24, 2.45) is 0 Å². The highest BCUT2D eigenvalue weighted by Crippen LogP contribution is 2.25. The Morgan fingerprint density at radius 1 is 1.25 bits per heavy atom. The zero-order valence-electron chi connectivity index (χ0n) is 14.7. The van der Waals surface area contributed by atoms with Gasteiger partial charge in [0, 0.05) is 10.9 Å². The van der Waals surface area contributed by atoms with Crippen molar-refractivity contribution in [1.82, 2.24) is 10.6 Å².